The van der Waals surface area contributed by atoms with Gasteiger partial charge in [0.2, 0.25) is 5.91 Å². The van der Waals surface area contributed by atoms with Crippen LogP contribution in [-0.4, -0.2) is 48.7 Å². The Morgan fingerprint density at radius 1 is 1.47 bits per heavy atom. The molecule has 98 valence electrons. The molecule has 2 heterocycles. The van der Waals surface area contributed by atoms with Gasteiger partial charge in [0.15, 0.2) is 0 Å². The van der Waals surface area contributed by atoms with Gasteiger partial charge in [0.1, 0.15) is 0 Å². The van der Waals surface area contributed by atoms with E-state index in [4.69, 9.17) is 4.74 Å². The van der Waals surface area contributed by atoms with Crippen molar-refractivity contribution in [2.75, 3.05) is 26.2 Å². The third kappa shape index (κ3) is 3.19. The highest BCUT2D eigenvalue weighted by molar-refractivity contribution is 5.79. The second kappa shape index (κ2) is 4.94. The summed E-state index contributed by atoms with van der Waals surface area (Å²) >= 11 is 0. The molecule has 4 heteroatoms. The van der Waals surface area contributed by atoms with Crippen molar-refractivity contribution in [1.82, 2.24) is 10.2 Å². The molecule has 0 radical (unpaired) electrons. The first kappa shape index (κ1) is 12.8. The number of nitrogens with one attached hydrogen (secondary N) is 1. The highest BCUT2D eigenvalue weighted by atomic mass is 16.5. The van der Waals surface area contributed by atoms with Crippen LogP contribution in [0, 0.1) is 5.92 Å². The molecule has 0 spiro atoms. The molecule has 4 nitrogen and oxygen atoms in total. The topological polar surface area (TPSA) is 41.6 Å². The molecule has 17 heavy (non-hydrogen) atoms. The van der Waals surface area contributed by atoms with E-state index in [1.807, 2.05) is 11.8 Å². The van der Waals surface area contributed by atoms with Crippen molar-refractivity contribution in [2.24, 2.45) is 5.92 Å². The molecular formula is C13H24N2O2. The summed E-state index contributed by atoms with van der Waals surface area (Å²) in [5.41, 5.74) is -0.213. The molecule has 1 N–H and O–H groups in total. The maximum atomic E-state index is 12.4. The lowest BCUT2D eigenvalue weighted by molar-refractivity contribution is -0.162. The minimum Gasteiger partial charge on any atom is -0.369 e. The van der Waals surface area contributed by atoms with E-state index < -0.39 is 0 Å². The van der Waals surface area contributed by atoms with Crippen LogP contribution in [0.2, 0.25) is 0 Å². The first-order chi connectivity index (χ1) is 7.98. The van der Waals surface area contributed by atoms with Crippen LogP contribution in [0.3, 0.4) is 0 Å². The van der Waals surface area contributed by atoms with Gasteiger partial charge >= 0.3 is 0 Å². The van der Waals surface area contributed by atoms with Crippen LogP contribution in [0.5, 0.6) is 0 Å². The molecule has 0 bridgehead atoms. The molecule has 1 amide bonds. The third-order valence-electron chi connectivity index (χ3n) is 3.53. The first-order valence-electron chi connectivity index (χ1n) is 6.65. The summed E-state index contributed by atoms with van der Waals surface area (Å²) in [6.45, 7) is 9.50. The zero-order valence-electron chi connectivity index (χ0n) is 11.2. The van der Waals surface area contributed by atoms with E-state index in [1.54, 1.807) is 0 Å². The SMILES string of the molecule is CC1CN(C(=O)C2CCCNC2)CC(C)(C)O1. The van der Waals surface area contributed by atoms with Gasteiger partial charge in [-0.05, 0) is 40.2 Å². The van der Waals surface area contributed by atoms with Gasteiger partial charge in [-0.3, -0.25) is 4.79 Å². The molecule has 0 saturated carbocycles. The third-order valence-corrected chi connectivity index (χ3v) is 3.53. The fourth-order valence-corrected chi connectivity index (χ4v) is 2.94. The Hall–Kier alpha value is -0.610. The van der Waals surface area contributed by atoms with Gasteiger partial charge in [0.05, 0.1) is 17.6 Å². The van der Waals surface area contributed by atoms with Crippen molar-refractivity contribution in [1.29, 1.82) is 0 Å². The van der Waals surface area contributed by atoms with Crippen LogP contribution in [0.1, 0.15) is 33.6 Å². The number of piperidine rings is 1. The summed E-state index contributed by atoms with van der Waals surface area (Å²) in [6.07, 6.45) is 2.27. The predicted octanol–water partition coefficient (Wildman–Crippen LogP) is 1.01. The van der Waals surface area contributed by atoms with Gasteiger partial charge in [-0.2, -0.15) is 0 Å². The molecule has 2 aliphatic rings. The quantitative estimate of drug-likeness (QED) is 0.744. The maximum absolute atomic E-state index is 12.4. The van der Waals surface area contributed by atoms with Gasteiger partial charge < -0.3 is 15.0 Å². The fourth-order valence-electron chi connectivity index (χ4n) is 2.94. The van der Waals surface area contributed by atoms with Gasteiger partial charge in [-0.1, -0.05) is 0 Å². The summed E-state index contributed by atoms with van der Waals surface area (Å²) < 4.78 is 5.83. The molecule has 2 fully saturated rings. The summed E-state index contributed by atoms with van der Waals surface area (Å²) in [7, 11) is 0. The number of hydrogen-bond donors (Lipinski definition) is 1. The van der Waals surface area contributed by atoms with Crippen LogP contribution in [0.25, 0.3) is 0 Å². The van der Waals surface area contributed by atoms with Crippen LogP contribution in [0.15, 0.2) is 0 Å². The van der Waals surface area contributed by atoms with Crippen LogP contribution >= 0.6 is 0 Å². The highest BCUT2D eigenvalue weighted by Gasteiger charge is 2.36. The fraction of sp³-hybridized carbons (Fsp3) is 0.923. The van der Waals surface area contributed by atoms with E-state index in [-0.39, 0.29) is 17.6 Å². The van der Waals surface area contributed by atoms with Crippen molar-refractivity contribution in [3.05, 3.63) is 0 Å². The molecule has 2 rings (SSSR count). The molecule has 2 aliphatic heterocycles. The summed E-state index contributed by atoms with van der Waals surface area (Å²) in [5, 5.41) is 3.31. The Morgan fingerprint density at radius 3 is 2.82 bits per heavy atom. The summed E-state index contributed by atoms with van der Waals surface area (Å²) in [6, 6.07) is 0. The lowest BCUT2D eigenvalue weighted by Gasteiger charge is -2.43. The lowest BCUT2D eigenvalue weighted by atomic mass is 9.96. The van der Waals surface area contributed by atoms with Gasteiger partial charge in [0, 0.05) is 19.6 Å². The number of carbonyl (C=O) groups excluding carboxylic acids is 1. The van der Waals surface area contributed by atoms with Gasteiger partial charge in [-0.25, -0.2) is 0 Å². The average molecular weight is 240 g/mol. The number of ether oxygens (including phenoxy) is 1. The van der Waals surface area contributed by atoms with Crippen molar-refractivity contribution < 1.29 is 9.53 Å². The maximum Gasteiger partial charge on any atom is 0.227 e. The van der Waals surface area contributed by atoms with Crippen molar-refractivity contribution in [2.45, 2.75) is 45.3 Å². The van der Waals surface area contributed by atoms with Gasteiger partial charge in [0.25, 0.3) is 0 Å². The van der Waals surface area contributed by atoms with E-state index in [9.17, 15) is 4.79 Å². The Labute approximate surface area is 104 Å². The number of nitrogens with zero attached hydrogens (tertiary/aromatic N) is 1. The van der Waals surface area contributed by atoms with E-state index in [2.05, 4.69) is 19.2 Å². The minimum atomic E-state index is -0.213. The van der Waals surface area contributed by atoms with Crippen LogP contribution < -0.4 is 5.32 Å². The zero-order valence-corrected chi connectivity index (χ0v) is 11.2. The average Bonchev–Trinajstić information content (AvgIpc) is 2.26. The normalized spacial score (nSPS) is 33.5. The second-order valence-corrected chi connectivity index (χ2v) is 5.95. The molecule has 2 saturated heterocycles. The first-order valence-corrected chi connectivity index (χ1v) is 6.65. The van der Waals surface area contributed by atoms with Crippen molar-refractivity contribution in [3.8, 4) is 0 Å². The van der Waals surface area contributed by atoms with Gasteiger partial charge in [-0.15, -0.1) is 0 Å². The zero-order chi connectivity index (χ0) is 12.5. The largest absolute Gasteiger partial charge is 0.369 e. The van der Waals surface area contributed by atoms with Crippen LogP contribution in [0.4, 0.5) is 0 Å². The molecule has 2 atom stereocenters. The molecule has 0 aliphatic carbocycles. The molecule has 0 aromatic rings. The Bertz CT molecular complexity index is 285. The highest BCUT2D eigenvalue weighted by Crippen LogP contribution is 2.23. The molecule has 2 unspecified atom stereocenters. The smallest absolute Gasteiger partial charge is 0.227 e. The Morgan fingerprint density at radius 2 is 2.24 bits per heavy atom. The van der Waals surface area contributed by atoms with E-state index in [0.29, 0.717) is 12.5 Å². The number of hydrogen-bond acceptors (Lipinski definition) is 3. The standard InChI is InChI=1S/C13H24N2O2/c1-10-8-15(9-13(2,3)17-10)12(16)11-5-4-6-14-7-11/h10-11,14H,4-9H2,1-3H3. The number of amides is 1. The monoisotopic (exact) mass is 240 g/mol. The predicted molar refractivity (Wildman–Crippen MR) is 66.8 cm³/mol. The van der Waals surface area contributed by atoms with E-state index in [1.165, 1.54) is 0 Å². The summed E-state index contributed by atoms with van der Waals surface area (Å²) in [5.74, 6) is 0.477. The van der Waals surface area contributed by atoms with E-state index in [0.717, 1.165) is 32.5 Å². The second-order valence-electron chi connectivity index (χ2n) is 5.95. The van der Waals surface area contributed by atoms with Crippen molar-refractivity contribution in [3.63, 3.8) is 0 Å². The Kier molecular flexibility index (Phi) is 3.73. The number of morpholine rings is 1. The number of rotatable bonds is 1. The molecule has 0 aromatic heterocycles. The molecule has 0 aromatic carbocycles. The summed E-state index contributed by atoms with van der Waals surface area (Å²) in [4.78, 5) is 14.4. The molecular weight excluding hydrogens is 216 g/mol. The van der Waals surface area contributed by atoms with E-state index >= 15 is 0 Å². The minimum absolute atomic E-state index is 0.138. The number of carbonyl (C=O) groups is 1. The van der Waals surface area contributed by atoms with Crippen molar-refractivity contribution >= 4 is 5.91 Å². The van der Waals surface area contributed by atoms with Crippen LogP contribution in [-0.2, 0) is 9.53 Å². The lowest BCUT2D eigenvalue weighted by Crippen LogP contribution is -2.56. The Balaban J connectivity index is 1.98.